The molecule has 0 saturated heterocycles. The van der Waals surface area contributed by atoms with Gasteiger partial charge in [0.05, 0.1) is 18.9 Å². The maximum atomic E-state index is 9.28. The summed E-state index contributed by atoms with van der Waals surface area (Å²) in [5, 5.41) is 13.2. The van der Waals surface area contributed by atoms with Gasteiger partial charge in [-0.15, -0.1) is 0 Å². The van der Waals surface area contributed by atoms with Crippen molar-refractivity contribution in [2.24, 2.45) is 0 Å². The lowest BCUT2D eigenvalue weighted by molar-refractivity contribution is 0.225. The quantitative estimate of drug-likeness (QED) is 0.859. The smallest absolute Gasteiger partial charge is 0.123 e. The minimum Gasteiger partial charge on any atom is -0.468 e. The van der Waals surface area contributed by atoms with Crippen LogP contribution in [-0.4, -0.2) is 11.7 Å². The molecule has 1 heterocycles. The van der Waals surface area contributed by atoms with Gasteiger partial charge in [0.25, 0.3) is 0 Å². The first-order valence-corrected chi connectivity index (χ1v) is 5.79. The van der Waals surface area contributed by atoms with Crippen LogP contribution in [0.4, 0.5) is 0 Å². The van der Waals surface area contributed by atoms with Gasteiger partial charge in [-0.05, 0) is 29.8 Å². The van der Waals surface area contributed by atoms with E-state index in [1.807, 2.05) is 36.4 Å². The van der Waals surface area contributed by atoms with Crippen LogP contribution in [0.2, 0.25) is 5.02 Å². The first kappa shape index (κ1) is 12.2. The van der Waals surface area contributed by atoms with Crippen molar-refractivity contribution in [3.63, 3.8) is 0 Å². The molecule has 0 saturated carbocycles. The molecule has 0 aliphatic carbocycles. The van der Waals surface area contributed by atoms with Crippen molar-refractivity contribution in [3.8, 4) is 0 Å². The van der Waals surface area contributed by atoms with Crippen LogP contribution in [0.3, 0.4) is 0 Å². The minimum atomic E-state index is -0.180. The van der Waals surface area contributed by atoms with Gasteiger partial charge in [0.1, 0.15) is 5.76 Å². The van der Waals surface area contributed by atoms with Crippen LogP contribution in [0.1, 0.15) is 17.4 Å². The SMILES string of the molecule is OCC(NCc1ccc(Cl)cc1)c1ccco1. The van der Waals surface area contributed by atoms with E-state index in [2.05, 4.69) is 5.32 Å². The Morgan fingerprint density at radius 1 is 1.24 bits per heavy atom. The highest BCUT2D eigenvalue weighted by Gasteiger charge is 2.11. The fourth-order valence-corrected chi connectivity index (χ4v) is 1.71. The third-order valence-electron chi connectivity index (χ3n) is 2.54. The summed E-state index contributed by atoms with van der Waals surface area (Å²) in [5.74, 6) is 0.737. The predicted molar refractivity (Wildman–Crippen MR) is 66.8 cm³/mol. The fourth-order valence-electron chi connectivity index (χ4n) is 1.59. The van der Waals surface area contributed by atoms with Crippen molar-refractivity contribution in [2.45, 2.75) is 12.6 Å². The first-order valence-electron chi connectivity index (χ1n) is 5.41. The summed E-state index contributed by atoms with van der Waals surface area (Å²) >= 11 is 5.81. The molecule has 0 aliphatic rings. The molecule has 0 aliphatic heterocycles. The van der Waals surface area contributed by atoms with Crippen molar-refractivity contribution in [1.29, 1.82) is 0 Å². The van der Waals surface area contributed by atoms with E-state index in [1.54, 1.807) is 6.26 Å². The standard InChI is InChI=1S/C13H14ClNO2/c14-11-5-3-10(4-6-11)8-15-12(9-16)13-2-1-7-17-13/h1-7,12,15-16H,8-9H2. The van der Waals surface area contributed by atoms with Crippen LogP contribution in [0.5, 0.6) is 0 Å². The van der Waals surface area contributed by atoms with Crippen molar-refractivity contribution in [3.05, 3.63) is 59.0 Å². The number of hydrogen-bond donors (Lipinski definition) is 2. The van der Waals surface area contributed by atoms with E-state index in [1.165, 1.54) is 0 Å². The molecule has 3 nitrogen and oxygen atoms in total. The number of benzene rings is 1. The number of hydrogen-bond acceptors (Lipinski definition) is 3. The molecule has 0 spiro atoms. The van der Waals surface area contributed by atoms with Gasteiger partial charge >= 0.3 is 0 Å². The Hall–Kier alpha value is -1.29. The average Bonchev–Trinajstić information content (AvgIpc) is 2.86. The highest BCUT2D eigenvalue weighted by atomic mass is 35.5. The number of nitrogens with one attached hydrogen (secondary N) is 1. The number of halogens is 1. The fraction of sp³-hybridized carbons (Fsp3) is 0.231. The van der Waals surface area contributed by atoms with Gasteiger partial charge in [0.2, 0.25) is 0 Å². The van der Waals surface area contributed by atoms with Crippen LogP contribution < -0.4 is 5.32 Å². The summed E-state index contributed by atoms with van der Waals surface area (Å²) < 4.78 is 5.25. The van der Waals surface area contributed by atoms with Gasteiger partial charge in [-0.3, -0.25) is 0 Å². The molecule has 2 N–H and O–H groups in total. The summed E-state index contributed by atoms with van der Waals surface area (Å²) in [5.41, 5.74) is 1.11. The lowest BCUT2D eigenvalue weighted by atomic mass is 10.2. The van der Waals surface area contributed by atoms with Crippen molar-refractivity contribution in [1.82, 2.24) is 5.32 Å². The van der Waals surface area contributed by atoms with Crippen LogP contribution in [0.25, 0.3) is 0 Å². The van der Waals surface area contributed by atoms with E-state index in [0.717, 1.165) is 16.3 Å². The zero-order valence-corrected chi connectivity index (χ0v) is 10.0. The molecule has 4 heteroatoms. The Morgan fingerprint density at radius 3 is 2.59 bits per heavy atom. The Balaban J connectivity index is 1.94. The van der Waals surface area contributed by atoms with E-state index in [-0.39, 0.29) is 12.6 Å². The Labute approximate surface area is 105 Å². The first-order chi connectivity index (χ1) is 8.29. The Kier molecular flexibility index (Phi) is 4.20. The zero-order chi connectivity index (χ0) is 12.1. The maximum absolute atomic E-state index is 9.28. The Morgan fingerprint density at radius 2 is 2.00 bits per heavy atom. The third-order valence-corrected chi connectivity index (χ3v) is 2.79. The molecule has 0 bridgehead atoms. The number of aliphatic hydroxyl groups is 1. The number of furan rings is 1. The van der Waals surface area contributed by atoms with Gasteiger partial charge in [0, 0.05) is 11.6 Å². The maximum Gasteiger partial charge on any atom is 0.123 e. The lowest BCUT2D eigenvalue weighted by Crippen LogP contribution is -2.23. The second kappa shape index (κ2) is 5.87. The van der Waals surface area contributed by atoms with Gasteiger partial charge in [-0.2, -0.15) is 0 Å². The second-order valence-electron chi connectivity index (χ2n) is 3.76. The molecule has 17 heavy (non-hydrogen) atoms. The van der Waals surface area contributed by atoms with Crippen LogP contribution in [-0.2, 0) is 6.54 Å². The van der Waals surface area contributed by atoms with E-state index >= 15 is 0 Å². The van der Waals surface area contributed by atoms with Crippen molar-refractivity contribution >= 4 is 11.6 Å². The van der Waals surface area contributed by atoms with E-state index < -0.39 is 0 Å². The van der Waals surface area contributed by atoms with E-state index in [9.17, 15) is 5.11 Å². The summed E-state index contributed by atoms with van der Waals surface area (Å²) in [6.45, 7) is 0.657. The number of aliphatic hydroxyl groups excluding tert-OH is 1. The largest absolute Gasteiger partial charge is 0.468 e. The molecule has 2 rings (SSSR count). The van der Waals surface area contributed by atoms with Crippen molar-refractivity contribution in [2.75, 3.05) is 6.61 Å². The highest BCUT2D eigenvalue weighted by Crippen LogP contribution is 2.14. The molecule has 1 aromatic carbocycles. The predicted octanol–water partition coefficient (Wildman–Crippen LogP) is 2.76. The molecular weight excluding hydrogens is 238 g/mol. The molecule has 0 amide bonds. The average molecular weight is 252 g/mol. The van der Waals surface area contributed by atoms with Gasteiger partial charge < -0.3 is 14.8 Å². The second-order valence-corrected chi connectivity index (χ2v) is 4.19. The summed E-state index contributed by atoms with van der Waals surface area (Å²) in [6, 6.07) is 11.1. The highest BCUT2D eigenvalue weighted by molar-refractivity contribution is 6.30. The molecule has 1 unspecified atom stereocenters. The summed E-state index contributed by atoms with van der Waals surface area (Å²) in [4.78, 5) is 0. The molecule has 1 aromatic heterocycles. The minimum absolute atomic E-state index is 0.00109. The van der Waals surface area contributed by atoms with Crippen LogP contribution in [0, 0.1) is 0 Å². The third kappa shape index (κ3) is 3.33. The lowest BCUT2D eigenvalue weighted by Gasteiger charge is -2.13. The molecule has 90 valence electrons. The zero-order valence-electron chi connectivity index (χ0n) is 9.27. The van der Waals surface area contributed by atoms with Crippen LogP contribution in [0.15, 0.2) is 47.1 Å². The van der Waals surface area contributed by atoms with E-state index in [4.69, 9.17) is 16.0 Å². The summed E-state index contributed by atoms with van der Waals surface area (Å²) in [7, 11) is 0. The Bertz CT molecular complexity index is 439. The summed E-state index contributed by atoms with van der Waals surface area (Å²) in [6.07, 6.45) is 1.60. The van der Waals surface area contributed by atoms with Crippen LogP contribution >= 0.6 is 11.6 Å². The topological polar surface area (TPSA) is 45.4 Å². The molecule has 1 atom stereocenters. The molecule has 0 radical (unpaired) electrons. The molecule has 0 fully saturated rings. The molecule has 2 aromatic rings. The number of rotatable bonds is 5. The van der Waals surface area contributed by atoms with E-state index in [0.29, 0.717) is 6.54 Å². The molecular formula is C13H14ClNO2. The van der Waals surface area contributed by atoms with Gasteiger partial charge in [0.15, 0.2) is 0 Å². The normalized spacial score (nSPS) is 12.6. The van der Waals surface area contributed by atoms with Gasteiger partial charge in [-0.25, -0.2) is 0 Å². The monoisotopic (exact) mass is 251 g/mol. The van der Waals surface area contributed by atoms with Gasteiger partial charge in [-0.1, -0.05) is 23.7 Å². The van der Waals surface area contributed by atoms with Crippen molar-refractivity contribution < 1.29 is 9.52 Å².